The highest BCUT2D eigenvalue weighted by Gasteiger charge is 2.52. The second-order valence-corrected chi connectivity index (χ2v) is 15.5. The lowest BCUT2D eigenvalue weighted by atomic mass is 9.88. The van der Waals surface area contributed by atoms with Crippen LogP contribution in [0.1, 0.15) is 80.6 Å². The number of alkyl carbamates (subject to hydrolysis) is 1. The Labute approximate surface area is 317 Å². The molecule has 3 aliphatic heterocycles. The van der Waals surface area contributed by atoms with Crippen molar-refractivity contribution in [2.24, 2.45) is 17.8 Å². The van der Waals surface area contributed by atoms with Gasteiger partial charge in [-0.25, -0.2) is 4.79 Å². The van der Waals surface area contributed by atoms with Gasteiger partial charge in [-0.15, -0.1) is 0 Å². The van der Waals surface area contributed by atoms with Gasteiger partial charge in [-0.2, -0.15) is 0 Å². The minimum atomic E-state index is -1.45. The fourth-order valence-electron chi connectivity index (χ4n) is 7.21. The van der Waals surface area contributed by atoms with E-state index in [1.807, 2.05) is 39.0 Å². The molecule has 0 aromatic rings. The van der Waals surface area contributed by atoms with Crippen molar-refractivity contribution in [3.8, 4) is 0 Å². The van der Waals surface area contributed by atoms with Gasteiger partial charge in [-0.05, 0) is 64.8 Å². The quantitative estimate of drug-likeness (QED) is 0.0553. The Morgan fingerprint density at radius 3 is 2.49 bits per heavy atom. The number of hydrogen-bond donors (Lipinski definition) is 3. The van der Waals surface area contributed by atoms with Crippen LogP contribution >= 0.6 is 0 Å². The average Bonchev–Trinajstić information content (AvgIpc) is 3.90. The van der Waals surface area contributed by atoms with Gasteiger partial charge >= 0.3 is 18.0 Å². The first-order valence-electron chi connectivity index (χ1n) is 19.4. The summed E-state index contributed by atoms with van der Waals surface area (Å²) in [6.07, 6.45) is 6.62. The fourth-order valence-corrected chi connectivity index (χ4v) is 7.21. The molecule has 13 heteroatoms. The molecule has 53 heavy (non-hydrogen) atoms. The van der Waals surface area contributed by atoms with Crippen molar-refractivity contribution in [2.75, 3.05) is 53.4 Å². The number of nitrogens with one attached hydrogen (secondary N) is 1. The van der Waals surface area contributed by atoms with Crippen LogP contribution in [0.2, 0.25) is 0 Å². The summed E-state index contributed by atoms with van der Waals surface area (Å²) < 4.78 is 29.2. The van der Waals surface area contributed by atoms with E-state index in [9.17, 15) is 24.6 Å². The molecule has 1 amide bonds. The van der Waals surface area contributed by atoms with Crippen molar-refractivity contribution < 1.29 is 48.3 Å². The summed E-state index contributed by atoms with van der Waals surface area (Å²) in [4.78, 5) is 42.6. The maximum Gasteiger partial charge on any atom is 0.407 e. The van der Waals surface area contributed by atoms with Crippen LogP contribution in [-0.4, -0.2) is 140 Å². The molecule has 0 saturated carbocycles. The second-order valence-electron chi connectivity index (χ2n) is 15.5. The molecule has 13 nitrogen and oxygen atoms in total. The van der Waals surface area contributed by atoms with Gasteiger partial charge in [0.25, 0.3) is 0 Å². The molecule has 0 radical (unpaired) electrons. The summed E-state index contributed by atoms with van der Waals surface area (Å²) in [5.74, 6) is -1.57. The lowest BCUT2D eigenvalue weighted by molar-refractivity contribution is -0.157. The minimum Gasteiger partial charge on any atom is -0.457 e. The largest absolute Gasteiger partial charge is 0.457 e. The summed E-state index contributed by atoms with van der Waals surface area (Å²) in [7, 11) is 3.83. The van der Waals surface area contributed by atoms with Gasteiger partial charge in [-0.3, -0.25) is 9.59 Å². The van der Waals surface area contributed by atoms with Crippen LogP contribution < -0.4 is 5.32 Å². The molecule has 0 aliphatic carbocycles. The highest BCUT2D eigenvalue weighted by atomic mass is 16.6. The standard InChI is InChI=1S/C40H67N3O10/c1-10-32(49-9)29(5)37-38(52-37)36(53-39(47)41-19-12-20-43-23-21-42(8)22-24-43)27(3)14-11-13-26(2)35-28(4)15-16-33(50-30(6)44)40(7,48)18-17-31(45)25-34(46)51-35/h11,13-16,27-29,31-33,35-38,45,48H,10,12,17-25H2,1-9H3,(H,41,47)/b14-11+,16-15+,26-13+. The number of ether oxygens (including phenoxy) is 5. The first-order valence-corrected chi connectivity index (χ1v) is 19.4. The zero-order chi connectivity index (χ0) is 39.3. The summed E-state index contributed by atoms with van der Waals surface area (Å²) >= 11 is 0. The maximum absolute atomic E-state index is 13.1. The number of nitrogens with zero attached hydrogens (tertiary/aromatic N) is 2. The van der Waals surface area contributed by atoms with Crippen molar-refractivity contribution in [1.29, 1.82) is 0 Å². The number of amides is 1. The number of carbonyl (C=O) groups is 3. The third kappa shape index (κ3) is 14.4. The van der Waals surface area contributed by atoms with Crippen molar-refractivity contribution in [2.45, 2.75) is 129 Å². The Bertz CT molecular complexity index is 1260. The van der Waals surface area contributed by atoms with Gasteiger partial charge in [0.1, 0.15) is 30.0 Å². The van der Waals surface area contributed by atoms with Gasteiger partial charge in [0.15, 0.2) is 0 Å². The molecule has 11 unspecified atom stereocenters. The Hall–Kier alpha value is -2.81. The Morgan fingerprint density at radius 2 is 1.85 bits per heavy atom. The number of likely N-dealkylation sites (N-methyl/N-ethyl adjacent to an activating group) is 1. The molecule has 3 N–H and O–H groups in total. The van der Waals surface area contributed by atoms with Crippen LogP contribution in [0.4, 0.5) is 4.79 Å². The van der Waals surface area contributed by atoms with E-state index in [1.54, 1.807) is 26.2 Å². The van der Waals surface area contributed by atoms with E-state index < -0.39 is 48.0 Å². The average molecular weight is 750 g/mol. The number of epoxide rings is 1. The zero-order valence-electron chi connectivity index (χ0n) is 33.5. The number of rotatable bonds is 15. The number of aliphatic hydroxyl groups excluding tert-OH is 1. The fraction of sp³-hybridized carbons (Fsp3) is 0.775. The number of allylic oxidation sites excluding steroid dienone is 2. The van der Waals surface area contributed by atoms with Gasteiger partial charge in [-0.1, -0.05) is 52.0 Å². The Balaban J connectivity index is 1.74. The van der Waals surface area contributed by atoms with E-state index in [-0.39, 0.29) is 55.3 Å². The number of hydrogen-bond acceptors (Lipinski definition) is 12. The predicted octanol–water partition coefficient (Wildman–Crippen LogP) is 4.02. The molecular weight excluding hydrogens is 682 g/mol. The SMILES string of the molecule is CCC(OC)C(C)C1OC1C(OC(=O)NCCCN1CCN(C)CC1)C(C)/C=C/C=C(\C)C1OC(=O)CC(O)CCC(C)(O)C(OC(C)=O)/C=C/C1C. The van der Waals surface area contributed by atoms with Crippen LogP contribution in [0, 0.1) is 17.8 Å². The minimum absolute atomic E-state index is 0.0201. The molecule has 0 bridgehead atoms. The Kier molecular flexibility index (Phi) is 17.9. The van der Waals surface area contributed by atoms with E-state index in [2.05, 4.69) is 36.0 Å². The monoisotopic (exact) mass is 749 g/mol. The highest BCUT2D eigenvalue weighted by molar-refractivity contribution is 5.70. The molecule has 11 atom stereocenters. The summed E-state index contributed by atoms with van der Waals surface area (Å²) in [6.45, 7) is 18.3. The highest BCUT2D eigenvalue weighted by Crippen LogP contribution is 2.39. The summed E-state index contributed by atoms with van der Waals surface area (Å²) in [5.41, 5.74) is -0.717. The van der Waals surface area contributed by atoms with E-state index >= 15 is 0 Å². The number of methoxy groups -OCH3 is 1. The predicted molar refractivity (Wildman–Crippen MR) is 202 cm³/mol. The molecule has 0 aromatic carbocycles. The second kappa shape index (κ2) is 21.3. The molecule has 0 aromatic heterocycles. The number of aliphatic hydroxyl groups is 2. The molecule has 2 fully saturated rings. The molecule has 3 heterocycles. The molecule has 302 valence electrons. The molecule has 3 aliphatic rings. The number of esters is 2. The van der Waals surface area contributed by atoms with Crippen LogP contribution in [0.25, 0.3) is 0 Å². The lowest BCUT2D eigenvalue weighted by Crippen LogP contribution is -2.45. The third-order valence-electron chi connectivity index (χ3n) is 10.8. The zero-order valence-corrected chi connectivity index (χ0v) is 33.5. The van der Waals surface area contributed by atoms with E-state index in [1.165, 1.54) is 6.92 Å². The van der Waals surface area contributed by atoms with E-state index in [0.29, 0.717) is 6.54 Å². The first-order chi connectivity index (χ1) is 25.1. The van der Waals surface area contributed by atoms with E-state index in [4.69, 9.17) is 23.7 Å². The van der Waals surface area contributed by atoms with Crippen molar-refractivity contribution in [1.82, 2.24) is 15.1 Å². The van der Waals surface area contributed by atoms with Crippen LogP contribution in [0.5, 0.6) is 0 Å². The molecular formula is C40H67N3O10. The summed E-state index contributed by atoms with van der Waals surface area (Å²) in [5, 5.41) is 24.6. The summed E-state index contributed by atoms with van der Waals surface area (Å²) in [6, 6.07) is 0. The molecule has 0 spiro atoms. The van der Waals surface area contributed by atoms with Gasteiger partial charge in [0.05, 0.1) is 24.7 Å². The Morgan fingerprint density at radius 1 is 1.15 bits per heavy atom. The van der Waals surface area contributed by atoms with Crippen molar-refractivity contribution in [3.63, 3.8) is 0 Å². The van der Waals surface area contributed by atoms with Crippen LogP contribution in [0.15, 0.2) is 36.0 Å². The van der Waals surface area contributed by atoms with E-state index in [0.717, 1.165) is 51.1 Å². The molecule has 3 rings (SSSR count). The first kappa shape index (κ1) is 44.6. The normalized spacial score (nSPS) is 32.4. The molecule has 2 saturated heterocycles. The topological polar surface area (TPSA) is 160 Å². The van der Waals surface area contributed by atoms with Gasteiger partial charge in [0, 0.05) is 64.5 Å². The van der Waals surface area contributed by atoms with Crippen molar-refractivity contribution >= 4 is 18.0 Å². The van der Waals surface area contributed by atoms with Gasteiger partial charge < -0.3 is 49.0 Å². The number of piperazine rings is 1. The number of carbonyl (C=O) groups excluding carboxylic acids is 3. The number of cyclic esters (lactones) is 1. The van der Waals surface area contributed by atoms with Crippen molar-refractivity contribution in [3.05, 3.63) is 36.0 Å². The maximum atomic E-state index is 13.1. The van der Waals surface area contributed by atoms with Crippen LogP contribution in [-0.2, 0) is 33.3 Å². The lowest BCUT2D eigenvalue weighted by Gasteiger charge is -2.32. The third-order valence-corrected chi connectivity index (χ3v) is 10.8. The van der Waals surface area contributed by atoms with Crippen LogP contribution in [0.3, 0.4) is 0 Å². The van der Waals surface area contributed by atoms with Gasteiger partial charge in [0.2, 0.25) is 0 Å². The smallest absolute Gasteiger partial charge is 0.407 e.